The highest BCUT2D eigenvalue weighted by atomic mass is 16.5. The first-order valence-electron chi connectivity index (χ1n) is 6.11. The summed E-state index contributed by atoms with van der Waals surface area (Å²) in [5.41, 5.74) is 0.994. The molecule has 0 aliphatic rings. The van der Waals surface area contributed by atoms with Gasteiger partial charge in [-0.1, -0.05) is 38.0 Å². The third-order valence-electron chi connectivity index (χ3n) is 2.58. The molecule has 0 fully saturated rings. The van der Waals surface area contributed by atoms with E-state index < -0.39 is 0 Å². The first-order valence-corrected chi connectivity index (χ1v) is 6.11. The van der Waals surface area contributed by atoms with Crippen LogP contribution in [0.25, 0.3) is 6.08 Å². The minimum Gasteiger partial charge on any atom is -0.497 e. The van der Waals surface area contributed by atoms with Crippen molar-refractivity contribution < 1.29 is 9.53 Å². The van der Waals surface area contributed by atoms with Crippen LogP contribution in [0, 0.1) is 0 Å². The molecule has 0 saturated heterocycles. The summed E-state index contributed by atoms with van der Waals surface area (Å²) in [7, 11) is 1.64. The number of ether oxygens (including phenoxy) is 1. The molecule has 0 saturated carbocycles. The van der Waals surface area contributed by atoms with E-state index in [1.165, 1.54) is 0 Å². The second kappa shape index (κ2) is 7.66. The average Bonchev–Trinajstić information content (AvgIpc) is 2.37. The van der Waals surface area contributed by atoms with Crippen molar-refractivity contribution in [2.24, 2.45) is 0 Å². The molecule has 1 aromatic carbocycles. The van der Waals surface area contributed by atoms with Gasteiger partial charge < -0.3 is 4.74 Å². The number of methoxy groups -OCH3 is 1. The van der Waals surface area contributed by atoms with Gasteiger partial charge in [-0.25, -0.2) is 0 Å². The summed E-state index contributed by atoms with van der Waals surface area (Å²) in [4.78, 5) is 11.5. The maximum Gasteiger partial charge on any atom is 0.155 e. The van der Waals surface area contributed by atoms with Gasteiger partial charge in [0.15, 0.2) is 5.78 Å². The number of carbonyl (C=O) groups excluding carboxylic acids is 1. The smallest absolute Gasteiger partial charge is 0.155 e. The van der Waals surface area contributed by atoms with Gasteiger partial charge in [-0.2, -0.15) is 0 Å². The molecular formula is C15H20O2. The van der Waals surface area contributed by atoms with E-state index in [1.807, 2.05) is 30.3 Å². The molecule has 0 heterocycles. The Hall–Kier alpha value is -1.57. The van der Waals surface area contributed by atoms with E-state index >= 15 is 0 Å². The van der Waals surface area contributed by atoms with Crippen molar-refractivity contribution >= 4 is 11.9 Å². The lowest BCUT2D eigenvalue weighted by Crippen LogP contribution is -1.91. The maximum atomic E-state index is 11.5. The Bertz CT molecular complexity index is 380. The standard InChI is InChI=1S/C15H20O2/c1-3-4-5-8-14(16)11-10-13-7-6-9-15(12-13)17-2/h6-7,9-12H,3-5,8H2,1-2H3. The van der Waals surface area contributed by atoms with Crippen LogP contribution in [-0.4, -0.2) is 12.9 Å². The molecule has 1 rings (SSSR count). The van der Waals surface area contributed by atoms with Crippen molar-refractivity contribution in [1.29, 1.82) is 0 Å². The van der Waals surface area contributed by atoms with E-state index in [4.69, 9.17) is 4.74 Å². The van der Waals surface area contributed by atoms with Gasteiger partial charge in [-0.15, -0.1) is 0 Å². The largest absolute Gasteiger partial charge is 0.497 e. The Morgan fingerprint density at radius 3 is 2.88 bits per heavy atom. The minimum absolute atomic E-state index is 0.196. The normalized spacial score (nSPS) is 10.7. The molecule has 0 unspecified atom stereocenters. The number of carbonyl (C=O) groups is 1. The predicted molar refractivity (Wildman–Crippen MR) is 71.2 cm³/mol. The summed E-state index contributed by atoms with van der Waals surface area (Å²) in [6.07, 6.45) is 7.40. The van der Waals surface area contributed by atoms with Crippen LogP contribution in [0.2, 0.25) is 0 Å². The SMILES string of the molecule is CCCCCC(=O)C=Cc1cccc(OC)c1. The van der Waals surface area contributed by atoms with Crippen molar-refractivity contribution in [3.8, 4) is 5.75 Å². The number of hydrogen-bond acceptors (Lipinski definition) is 2. The van der Waals surface area contributed by atoms with Gasteiger partial charge in [0.1, 0.15) is 5.75 Å². The fraction of sp³-hybridized carbons (Fsp3) is 0.400. The second-order valence-electron chi connectivity index (χ2n) is 4.03. The van der Waals surface area contributed by atoms with Crippen molar-refractivity contribution in [2.45, 2.75) is 32.6 Å². The number of hydrogen-bond donors (Lipinski definition) is 0. The maximum absolute atomic E-state index is 11.5. The van der Waals surface area contributed by atoms with Crippen molar-refractivity contribution in [3.63, 3.8) is 0 Å². The molecule has 0 aliphatic carbocycles. The molecule has 92 valence electrons. The third-order valence-corrected chi connectivity index (χ3v) is 2.58. The topological polar surface area (TPSA) is 26.3 Å². The van der Waals surface area contributed by atoms with Crippen LogP contribution >= 0.6 is 0 Å². The zero-order chi connectivity index (χ0) is 12.5. The van der Waals surface area contributed by atoms with Crippen molar-refractivity contribution in [2.75, 3.05) is 7.11 Å². The van der Waals surface area contributed by atoms with E-state index in [0.717, 1.165) is 30.6 Å². The molecular weight excluding hydrogens is 212 g/mol. The Morgan fingerprint density at radius 2 is 2.18 bits per heavy atom. The second-order valence-corrected chi connectivity index (χ2v) is 4.03. The fourth-order valence-electron chi connectivity index (χ4n) is 1.57. The molecule has 0 amide bonds. The van der Waals surface area contributed by atoms with E-state index in [0.29, 0.717) is 6.42 Å². The number of allylic oxidation sites excluding steroid dienone is 1. The third kappa shape index (κ3) is 5.34. The van der Waals surface area contributed by atoms with Gasteiger partial charge in [0.2, 0.25) is 0 Å². The van der Waals surface area contributed by atoms with Crippen LogP contribution in [0.5, 0.6) is 5.75 Å². The van der Waals surface area contributed by atoms with E-state index in [-0.39, 0.29) is 5.78 Å². The van der Waals surface area contributed by atoms with E-state index in [9.17, 15) is 4.79 Å². The lowest BCUT2D eigenvalue weighted by molar-refractivity contribution is -0.114. The van der Waals surface area contributed by atoms with Crippen LogP contribution in [0.3, 0.4) is 0 Å². The van der Waals surface area contributed by atoms with Crippen LogP contribution in [0.15, 0.2) is 30.3 Å². The summed E-state index contributed by atoms with van der Waals surface area (Å²) >= 11 is 0. The van der Waals surface area contributed by atoms with Gasteiger partial charge in [-0.3, -0.25) is 4.79 Å². The molecule has 0 aliphatic heterocycles. The number of benzene rings is 1. The summed E-state index contributed by atoms with van der Waals surface area (Å²) in [5, 5.41) is 0. The molecule has 0 N–H and O–H groups in total. The van der Waals surface area contributed by atoms with Crippen LogP contribution in [0.1, 0.15) is 38.2 Å². The van der Waals surface area contributed by atoms with E-state index in [1.54, 1.807) is 13.2 Å². The monoisotopic (exact) mass is 232 g/mol. The van der Waals surface area contributed by atoms with Gasteiger partial charge >= 0.3 is 0 Å². The Morgan fingerprint density at radius 1 is 1.35 bits per heavy atom. The number of ketones is 1. The van der Waals surface area contributed by atoms with Gasteiger partial charge in [0.25, 0.3) is 0 Å². The highest BCUT2D eigenvalue weighted by Crippen LogP contribution is 2.13. The van der Waals surface area contributed by atoms with Crippen LogP contribution in [-0.2, 0) is 4.79 Å². The highest BCUT2D eigenvalue weighted by molar-refractivity contribution is 5.93. The lowest BCUT2D eigenvalue weighted by Gasteiger charge is -2.00. The molecule has 0 aromatic heterocycles. The average molecular weight is 232 g/mol. The van der Waals surface area contributed by atoms with Gasteiger partial charge in [-0.05, 0) is 30.2 Å². The van der Waals surface area contributed by atoms with Crippen LogP contribution in [0.4, 0.5) is 0 Å². The predicted octanol–water partition coefficient (Wildman–Crippen LogP) is 3.86. The molecule has 1 aromatic rings. The number of unbranched alkanes of at least 4 members (excludes halogenated alkanes) is 2. The zero-order valence-corrected chi connectivity index (χ0v) is 10.6. The van der Waals surface area contributed by atoms with Gasteiger partial charge in [0, 0.05) is 6.42 Å². The molecule has 0 atom stereocenters. The van der Waals surface area contributed by atoms with Crippen LogP contribution < -0.4 is 4.74 Å². The Kier molecular flexibility index (Phi) is 6.08. The number of rotatable bonds is 7. The molecule has 0 bridgehead atoms. The molecule has 2 heteroatoms. The quantitative estimate of drug-likeness (QED) is 0.527. The zero-order valence-electron chi connectivity index (χ0n) is 10.6. The van der Waals surface area contributed by atoms with Crippen molar-refractivity contribution in [3.05, 3.63) is 35.9 Å². The summed E-state index contributed by atoms with van der Waals surface area (Å²) < 4.78 is 5.12. The fourth-order valence-corrected chi connectivity index (χ4v) is 1.57. The van der Waals surface area contributed by atoms with Gasteiger partial charge in [0.05, 0.1) is 7.11 Å². The molecule has 2 nitrogen and oxygen atoms in total. The molecule has 0 radical (unpaired) electrons. The Balaban J connectivity index is 2.48. The van der Waals surface area contributed by atoms with Crippen molar-refractivity contribution in [1.82, 2.24) is 0 Å². The van der Waals surface area contributed by atoms with E-state index in [2.05, 4.69) is 6.92 Å². The minimum atomic E-state index is 0.196. The Labute approximate surface area is 103 Å². The highest BCUT2D eigenvalue weighted by Gasteiger charge is 1.96. The first kappa shape index (κ1) is 13.5. The molecule has 0 spiro atoms. The first-order chi connectivity index (χ1) is 8.26. The molecule has 17 heavy (non-hydrogen) atoms. The lowest BCUT2D eigenvalue weighted by atomic mass is 10.1. The summed E-state index contributed by atoms with van der Waals surface area (Å²) in [6, 6.07) is 7.68. The summed E-state index contributed by atoms with van der Waals surface area (Å²) in [5.74, 6) is 1.01. The summed E-state index contributed by atoms with van der Waals surface area (Å²) in [6.45, 7) is 2.14.